The van der Waals surface area contributed by atoms with Gasteiger partial charge in [0.15, 0.2) is 5.78 Å². The van der Waals surface area contributed by atoms with Gasteiger partial charge in [-0.1, -0.05) is 17.3 Å². The van der Waals surface area contributed by atoms with Gasteiger partial charge in [-0.25, -0.2) is 0 Å². The first kappa shape index (κ1) is 19.5. The van der Waals surface area contributed by atoms with Crippen molar-refractivity contribution in [2.75, 3.05) is 19.0 Å². The second kappa shape index (κ2) is 8.51. The van der Waals surface area contributed by atoms with Crippen molar-refractivity contribution < 1.29 is 24.3 Å². The van der Waals surface area contributed by atoms with Gasteiger partial charge in [-0.2, -0.15) is 0 Å². The first-order valence-electron chi connectivity index (χ1n) is 8.45. The summed E-state index contributed by atoms with van der Waals surface area (Å²) in [4.78, 5) is 29.0. The fraction of sp³-hybridized carbons (Fsp3) is 0.421. The molecule has 0 radical (unpaired) electrons. The number of Topliss-reactive ketones (excluding diaryl/α,β-unsaturated/α-hetero) is 1. The number of ether oxygens (including phenoxy) is 1. The van der Waals surface area contributed by atoms with E-state index in [0.29, 0.717) is 23.8 Å². The third-order valence-electron chi connectivity index (χ3n) is 4.13. The predicted octanol–water partition coefficient (Wildman–Crippen LogP) is 3.32. The predicted molar refractivity (Wildman–Crippen MR) is 98.7 cm³/mol. The SMILES string of the molecule is CCO/N=C(/C)C1=C(O)CC(c2cccc(NC(C)=O)c2OC)CC1=O. The van der Waals surface area contributed by atoms with Crippen LogP contribution in [0.25, 0.3) is 0 Å². The number of rotatable bonds is 6. The molecule has 2 rings (SSSR count). The van der Waals surface area contributed by atoms with Crippen molar-refractivity contribution in [3.05, 3.63) is 35.1 Å². The Kier molecular flexibility index (Phi) is 6.38. The van der Waals surface area contributed by atoms with Crippen molar-refractivity contribution in [3.63, 3.8) is 0 Å². The highest BCUT2D eigenvalue weighted by Gasteiger charge is 2.32. The van der Waals surface area contributed by atoms with E-state index >= 15 is 0 Å². The number of methoxy groups -OCH3 is 1. The third kappa shape index (κ3) is 4.22. The lowest BCUT2D eigenvalue weighted by Gasteiger charge is -2.25. The zero-order chi connectivity index (χ0) is 19.3. The largest absolute Gasteiger partial charge is 0.511 e. The lowest BCUT2D eigenvalue weighted by molar-refractivity contribution is -0.116. The van der Waals surface area contributed by atoms with Crippen molar-refractivity contribution in [2.45, 2.75) is 39.5 Å². The first-order chi connectivity index (χ1) is 12.4. The molecule has 1 aliphatic rings. The minimum absolute atomic E-state index is 0.0146. The topological polar surface area (TPSA) is 97.2 Å². The molecule has 0 aromatic heterocycles. The molecular formula is C19H24N2O5. The molecular weight excluding hydrogens is 336 g/mol. The Morgan fingerprint density at radius 3 is 2.65 bits per heavy atom. The maximum absolute atomic E-state index is 12.6. The molecule has 2 N–H and O–H groups in total. The Morgan fingerprint density at radius 1 is 1.35 bits per heavy atom. The highest BCUT2D eigenvalue weighted by Crippen LogP contribution is 2.41. The minimum Gasteiger partial charge on any atom is -0.511 e. The number of aliphatic hydroxyl groups excluding tert-OH is 1. The van der Waals surface area contributed by atoms with Crippen molar-refractivity contribution in [1.29, 1.82) is 0 Å². The standard InChI is InChI=1S/C19H24N2O5/c1-5-26-21-11(2)18-16(23)9-13(10-17(18)24)14-7-6-8-15(19(14)25-4)20-12(3)22/h6-8,13,23H,5,9-10H2,1-4H3,(H,20,22)/b21-11-. The van der Waals surface area contributed by atoms with Crippen LogP contribution in [0, 0.1) is 0 Å². The van der Waals surface area contributed by atoms with Gasteiger partial charge in [-0.05, 0) is 19.9 Å². The number of oxime groups is 1. The van der Waals surface area contributed by atoms with Crippen LogP contribution in [0.2, 0.25) is 0 Å². The fourth-order valence-corrected chi connectivity index (χ4v) is 3.12. The number of hydrogen-bond donors (Lipinski definition) is 2. The Labute approximate surface area is 152 Å². The van der Waals surface area contributed by atoms with Gasteiger partial charge in [-0.15, -0.1) is 0 Å². The van der Waals surface area contributed by atoms with E-state index in [2.05, 4.69) is 10.5 Å². The van der Waals surface area contributed by atoms with Gasteiger partial charge in [0.2, 0.25) is 5.91 Å². The highest BCUT2D eigenvalue weighted by molar-refractivity contribution is 6.22. The molecule has 1 atom stereocenters. The van der Waals surface area contributed by atoms with Gasteiger partial charge < -0.3 is 20.0 Å². The number of amides is 1. The number of anilines is 1. The summed E-state index contributed by atoms with van der Waals surface area (Å²) in [6, 6.07) is 5.35. The Hall–Kier alpha value is -2.83. The average molecular weight is 360 g/mol. The summed E-state index contributed by atoms with van der Waals surface area (Å²) in [6.07, 6.45) is 0.484. The summed E-state index contributed by atoms with van der Waals surface area (Å²) in [6.45, 7) is 5.22. The van der Waals surface area contributed by atoms with E-state index in [4.69, 9.17) is 9.57 Å². The van der Waals surface area contributed by atoms with Crippen LogP contribution >= 0.6 is 0 Å². The summed E-state index contributed by atoms with van der Waals surface area (Å²) in [5.41, 5.74) is 1.88. The van der Waals surface area contributed by atoms with E-state index in [9.17, 15) is 14.7 Å². The number of para-hydroxylation sites is 1. The van der Waals surface area contributed by atoms with Gasteiger partial charge in [0.1, 0.15) is 18.1 Å². The molecule has 0 spiro atoms. The Bertz CT molecular complexity index is 767. The Balaban J connectivity index is 2.37. The maximum atomic E-state index is 12.6. The van der Waals surface area contributed by atoms with Crippen LogP contribution in [0.4, 0.5) is 5.69 Å². The number of allylic oxidation sites excluding steroid dienone is 2. The third-order valence-corrected chi connectivity index (χ3v) is 4.13. The van der Waals surface area contributed by atoms with Crippen molar-refractivity contribution in [1.82, 2.24) is 0 Å². The smallest absolute Gasteiger partial charge is 0.221 e. The van der Waals surface area contributed by atoms with E-state index in [1.54, 1.807) is 26.0 Å². The fourth-order valence-electron chi connectivity index (χ4n) is 3.12. The van der Waals surface area contributed by atoms with E-state index < -0.39 is 0 Å². The normalized spacial score (nSPS) is 17.9. The van der Waals surface area contributed by atoms with Gasteiger partial charge in [0, 0.05) is 31.2 Å². The number of nitrogens with one attached hydrogen (secondary N) is 1. The summed E-state index contributed by atoms with van der Waals surface area (Å²) < 4.78 is 5.46. The van der Waals surface area contributed by atoms with Crippen molar-refractivity contribution in [3.8, 4) is 5.75 Å². The van der Waals surface area contributed by atoms with Crippen LogP contribution in [0.1, 0.15) is 45.1 Å². The lowest BCUT2D eigenvalue weighted by atomic mass is 9.81. The first-order valence-corrected chi connectivity index (χ1v) is 8.45. The van der Waals surface area contributed by atoms with Crippen LogP contribution in [0.5, 0.6) is 5.75 Å². The van der Waals surface area contributed by atoms with Gasteiger partial charge in [-0.3, -0.25) is 9.59 Å². The number of nitrogens with zero attached hydrogens (tertiary/aromatic N) is 1. The average Bonchev–Trinajstić information content (AvgIpc) is 2.58. The summed E-state index contributed by atoms with van der Waals surface area (Å²) >= 11 is 0. The number of carbonyl (C=O) groups is 2. The molecule has 26 heavy (non-hydrogen) atoms. The molecule has 7 heteroatoms. The minimum atomic E-state index is -0.255. The molecule has 1 unspecified atom stereocenters. The molecule has 0 fully saturated rings. The number of benzene rings is 1. The van der Waals surface area contributed by atoms with E-state index in [1.165, 1.54) is 14.0 Å². The number of hydrogen-bond acceptors (Lipinski definition) is 6. The molecule has 0 saturated heterocycles. The highest BCUT2D eigenvalue weighted by atomic mass is 16.6. The zero-order valence-corrected chi connectivity index (χ0v) is 15.5. The molecule has 0 heterocycles. The molecule has 0 aliphatic heterocycles. The number of ketones is 1. The van der Waals surface area contributed by atoms with Crippen LogP contribution < -0.4 is 10.1 Å². The van der Waals surface area contributed by atoms with Gasteiger partial charge >= 0.3 is 0 Å². The monoisotopic (exact) mass is 360 g/mol. The number of aliphatic hydroxyl groups is 1. The van der Waals surface area contributed by atoms with Crippen LogP contribution in [0.15, 0.2) is 34.7 Å². The van der Waals surface area contributed by atoms with Gasteiger partial charge in [0.05, 0.1) is 24.1 Å². The Morgan fingerprint density at radius 2 is 2.08 bits per heavy atom. The molecule has 1 aromatic rings. The molecule has 0 bridgehead atoms. The molecule has 1 aliphatic carbocycles. The maximum Gasteiger partial charge on any atom is 0.221 e. The van der Waals surface area contributed by atoms with Crippen molar-refractivity contribution >= 4 is 23.1 Å². The number of carbonyl (C=O) groups excluding carboxylic acids is 2. The zero-order valence-electron chi connectivity index (χ0n) is 15.5. The quantitative estimate of drug-likeness (QED) is 0.599. The van der Waals surface area contributed by atoms with E-state index in [0.717, 1.165) is 5.56 Å². The van der Waals surface area contributed by atoms with Crippen molar-refractivity contribution in [2.24, 2.45) is 5.16 Å². The summed E-state index contributed by atoms with van der Waals surface area (Å²) in [7, 11) is 1.51. The summed E-state index contributed by atoms with van der Waals surface area (Å²) in [5, 5.41) is 17.0. The second-order valence-corrected chi connectivity index (χ2v) is 6.05. The molecule has 0 saturated carbocycles. The van der Waals surface area contributed by atoms with E-state index in [-0.39, 0.29) is 41.8 Å². The molecule has 1 amide bonds. The van der Waals surface area contributed by atoms with Crippen LogP contribution in [-0.2, 0) is 14.4 Å². The summed E-state index contributed by atoms with van der Waals surface area (Å²) in [5.74, 6) is -0.190. The van der Waals surface area contributed by atoms with E-state index in [1.807, 2.05) is 6.07 Å². The van der Waals surface area contributed by atoms with Gasteiger partial charge in [0.25, 0.3) is 0 Å². The molecule has 1 aromatic carbocycles. The molecule has 140 valence electrons. The van der Waals surface area contributed by atoms with Crippen LogP contribution in [0.3, 0.4) is 0 Å². The van der Waals surface area contributed by atoms with Crippen LogP contribution in [-0.4, -0.2) is 36.2 Å². The lowest BCUT2D eigenvalue weighted by Crippen LogP contribution is -2.23. The second-order valence-electron chi connectivity index (χ2n) is 6.05. The molecule has 7 nitrogen and oxygen atoms in total.